The summed E-state index contributed by atoms with van der Waals surface area (Å²) in [5.41, 5.74) is 2.41. The molecule has 172 valence electrons. The summed E-state index contributed by atoms with van der Waals surface area (Å²) in [6.45, 7) is -0.287. The number of methoxy groups -OCH3 is 1. The Morgan fingerprint density at radius 1 is 1.03 bits per heavy atom. The number of amides is 1. The first kappa shape index (κ1) is 23.9. The molecule has 3 aromatic rings. The molecule has 3 rings (SSSR count). The van der Waals surface area contributed by atoms with Crippen molar-refractivity contribution in [2.75, 3.05) is 24.5 Å². The van der Waals surface area contributed by atoms with E-state index in [0.29, 0.717) is 27.8 Å². The van der Waals surface area contributed by atoms with Crippen molar-refractivity contribution in [2.24, 2.45) is 5.10 Å². The Bertz CT molecular complexity index is 1150. The van der Waals surface area contributed by atoms with Gasteiger partial charge in [0.1, 0.15) is 0 Å². The number of hydrogen-bond acceptors (Lipinski definition) is 5. The Balaban J connectivity index is 1.63. The Morgan fingerprint density at radius 3 is 2.42 bits per heavy atom. The Morgan fingerprint density at radius 2 is 1.73 bits per heavy atom. The van der Waals surface area contributed by atoms with Gasteiger partial charge in [-0.15, -0.1) is 0 Å². The number of hydrazone groups is 1. The van der Waals surface area contributed by atoms with Gasteiger partial charge in [-0.2, -0.15) is 18.3 Å². The summed E-state index contributed by atoms with van der Waals surface area (Å²) >= 11 is 6.01. The molecule has 10 heteroatoms. The molecule has 0 aromatic heterocycles. The van der Waals surface area contributed by atoms with E-state index < -0.39 is 17.6 Å². The van der Waals surface area contributed by atoms with E-state index in [1.807, 2.05) is 0 Å². The number of benzene rings is 3. The molecule has 0 heterocycles. The van der Waals surface area contributed by atoms with Gasteiger partial charge in [0.25, 0.3) is 5.91 Å². The standard InChI is InChI=1S/C23H19ClF3N3O3/c1-32-21-12-15(13-28-30-18-8-4-2-6-16(18)23(25,26)27)10-11-20(21)33-14-22(31)29-19-9-5-3-7-17(19)24/h2-13,30H,14H2,1H3,(H,29,31)/b28-13+. The molecule has 6 nitrogen and oxygen atoms in total. The van der Waals surface area contributed by atoms with Gasteiger partial charge in [-0.05, 0) is 48.0 Å². The molecule has 0 atom stereocenters. The van der Waals surface area contributed by atoms with Crippen LogP contribution in [0.4, 0.5) is 24.5 Å². The third-order valence-corrected chi connectivity index (χ3v) is 4.66. The lowest BCUT2D eigenvalue weighted by Crippen LogP contribution is -2.20. The van der Waals surface area contributed by atoms with Gasteiger partial charge in [0.15, 0.2) is 18.1 Å². The molecular formula is C23H19ClF3N3O3. The Labute approximate surface area is 193 Å². The first-order valence-corrected chi connectivity index (χ1v) is 9.96. The second-order valence-corrected chi connectivity index (χ2v) is 7.05. The van der Waals surface area contributed by atoms with Crippen LogP contribution in [0.5, 0.6) is 11.5 Å². The SMILES string of the molecule is COc1cc(/C=N/Nc2ccccc2C(F)(F)F)ccc1OCC(=O)Nc1ccccc1Cl. The van der Waals surface area contributed by atoms with Crippen LogP contribution in [-0.2, 0) is 11.0 Å². The topological polar surface area (TPSA) is 71.9 Å². The van der Waals surface area contributed by atoms with Crippen LogP contribution in [0.1, 0.15) is 11.1 Å². The second kappa shape index (κ2) is 10.7. The molecule has 0 spiro atoms. The minimum atomic E-state index is -4.50. The van der Waals surface area contributed by atoms with Crippen molar-refractivity contribution < 1.29 is 27.4 Å². The lowest BCUT2D eigenvalue weighted by atomic mass is 10.2. The van der Waals surface area contributed by atoms with E-state index in [4.69, 9.17) is 21.1 Å². The highest BCUT2D eigenvalue weighted by molar-refractivity contribution is 6.33. The maximum atomic E-state index is 13.1. The number of halogens is 4. The number of para-hydroxylation sites is 2. The second-order valence-electron chi connectivity index (χ2n) is 6.64. The maximum absolute atomic E-state index is 13.1. The molecule has 0 bridgehead atoms. The Kier molecular flexibility index (Phi) is 7.78. The van der Waals surface area contributed by atoms with Gasteiger partial charge in [-0.25, -0.2) is 0 Å². The maximum Gasteiger partial charge on any atom is 0.418 e. The normalized spacial score (nSPS) is 11.3. The summed E-state index contributed by atoms with van der Waals surface area (Å²) < 4.78 is 50.0. The summed E-state index contributed by atoms with van der Waals surface area (Å²) in [5.74, 6) is 0.211. The van der Waals surface area contributed by atoms with Gasteiger partial charge in [0, 0.05) is 0 Å². The van der Waals surface area contributed by atoms with Crippen molar-refractivity contribution in [3.8, 4) is 11.5 Å². The fraction of sp³-hybridized carbons (Fsp3) is 0.130. The number of rotatable bonds is 8. The Hall–Kier alpha value is -3.72. The predicted octanol–water partition coefficient (Wildman–Crippen LogP) is 5.83. The van der Waals surface area contributed by atoms with Gasteiger partial charge in [0.2, 0.25) is 0 Å². The molecule has 2 N–H and O–H groups in total. The quantitative estimate of drug-likeness (QED) is 0.316. The van der Waals surface area contributed by atoms with Crippen molar-refractivity contribution in [3.63, 3.8) is 0 Å². The van der Waals surface area contributed by atoms with Crippen LogP contribution in [0.15, 0.2) is 71.8 Å². The van der Waals surface area contributed by atoms with E-state index in [0.717, 1.165) is 6.07 Å². The summed E-state index contributed by atoms with van der Waals surface area (Å²) in [5, 5.41) is 6.92. The highest BCUT2D eigenvalue weighted by Gasteiger charge is 2.33. The minimum absolute atomic E-state index is 0.169. The molecule has 0 aliphatic heterocycles. The van der Waals surface area contributed by atoms with Gasteiger partial charge in [0.05, 0.1) is 35.3 Å². The van der Waals surface area contributed by atoms with Crippen LogP contribution in [0, 0.1) is 0 Å². The average molecular weight is 478 g/mol. The number of hydrogen-bond donors (Lipinski definition) is 2. The van der Waals surface area contributed by atoms with E-state index in [9.17, 15) is 18.0 Å². The van der Waals surface area contributed by atoms with Gasteiger partial charge < -0.3 is 14.8 Å². The zero-order valence-corrected chi connectivity index (χ0v) is 18.1. The molecule has 3 aromatic carbocycles. The van der Waals surface area contributed by atoms with Crippen LogP contribution in [0.3, 0.4) is 0 Å². The smallest absolute Gasteiger partial charge is 0.418 e. The van der Waals surface area contributed by atoms with Crippen LogP contribution >= 0.6 is 11.6 Å². The summed E-state index contributed by atoms with van der Waals surface area (Å²) in [7, 11) is 1.42. The van der Waals surface area contributed by atoms with E-state index in [2.05, 4.69) is 15.8 Å². The number of ether oxygens (including phenoxy) is 2. The predicted molar refractivity (Wildman–Crippen MR) is 121 cm³/mol. The molecule has 0 saturated carbocycles. The number of nitrogens with zero attached hydrogens (tertiary/aromatic N) is 1. The molecule has 0 fully saturated rings. The van der Waals surface area contributed by atoms with E-state index in [1.165, 1.54) is 31.5 Å². The lowest BCUT2D eigenvalue weighted by Gasteiger charge is -2.12. The molecule has 0 radical (unpaired) electrons. The zero-order chi connectivity index (χ0) is 23.8. The van der Waals surface area contributed by atoms with Gasteiger partial charge in [-0.1, -0.05) is 35.9 Å². The van der Waals surface area contributed by atoms with Crippen LogP contribution in [0.25, 0.3) is 0 Å². The average Bonchev–Trinajstić information content (AvgIpc) is 2.79. The molecule has 0 aliphatic rings. The molecule has 0 aliphatic carbocycles. The van der Waals surface area contributed by atoms with Crippen molar-refractivity contribution in [1.82, 2.24) is 0 Å². The largest absolute Gasteiger partial charge is 0.493 e. The number of anilines is 2. The zero-order valence-electron chi connectivity index (χ0n) is 17.3. The third kappa shape index (κ3) is 6.63. The monoisotopic (exact) mass is 477 g/mol. The van der Waals surface area contributed by atoms with E-state index in [1.54, 1.807) is 42.5 Å². The van der Waals surface area contributed by atoms with Crippen LogP contribution in [0.2, 0.25) is 5.02 Å². The summed E-state index contributed by atoms with van der Waals surface area (Å²) in [6, 6.07) is 16.6. The number of alkyl halides is 3. The number of carbonyl (C=O) groups excluding carboxylic acids is 1. The fourth-order valence-corrected chi connectivity index (χ4v) is 2.96. The first-order valence-electron chi connectivity index (χ1n) is 9.58. The van der Waals surface area contributed by atoms with E-state index >= 15 is 0 Å². The highest BCUT2D eigenvalue weighted by atomic mass is 35.5. The van der Waals surface area contributed by atoms with Crippen LogP contribution < -0.4 is 20.2 Å². The van der Waals surface area contributed by atoms with Crippen molar-refractivity contribution >= 4 is 35.1 Å². The highest BCUT2D eigenvalue weighted by Crippen LogP contribution is 2.34. The first-order chi connectivity index (χ1) is 15.8. The van der Waals surface area contributed by atoms with Crippen LogP contribution in [-0.4, -0.2) is 25.8 Å². The molecular weight excluding hydrogens is 459 g/mol. The molecule has 1 amide bonds. The number of nitrogens with one attached hydrogen (secondary N) is 2. The van der Waals surface area contributed by atoms with Gasteiger partial charge in [-0.3, -0.25) is 10.2 Å². The molecule has 0 unspecified atom stereocenters. The molecule has 0 saturated heterocycles. The van der Waals surface area contributed by atoms with Crippen molar-refractivity contribution in [3.05, 3.63) is 82.9 Å². The lowest BCUT2D eigenvalue weighted by molar-refractivity contribution is -0.137. The number of carbonyl (C=O) groups is 1. The van der Waals surface area contributed by atoms with E-state index in [-0.39, 0.29) is 12.3 Å². The van der Waals surface area contributed by atoms with Crippen molar-refractivity contribution in [1.29, 1.82) is 0 Å². The third-order valence-electron chi connectivity index (χ3n) is 4.33. The van der Waals surface area contributed by atoms with Gasteiger partial charge >= 0.3 is 6.18 Å². The fourth-order valence-electron chi connectivity index (χ4n) is 2.78. The summed E-state index contributed by atoms with van der Waals surface area (Å²) in [6.07, 6.45) is -3.16. The minimum Gasteiger partial charge on any atom is -0.493 e. The van der Waals surface area contributed by atoms with Crippen molar-refractivity contribution in [2.45, 2.75) is 6.18 Å². The molecule has 33 heavy (non-hydrogen) atoms. The summed E-state index contributed by atoms with van der Waals surface area (Å²) in [4.78, 5) is 12.1.